The normalized spacial score (nSPS) is 11.7. The topological polar surface area (TPSA) is 9.23 Å². The number of rotatable bonds is 11. The highest BCUT2D eigenvalue weighted by Gasteiger charge is 2.29. The van der Waals surface area contributed by atoms with Crippen molar-refractivity contribution in [2.75, 3.05) is 0 Å². The molecule has 0 radical (unpaired) electrons. The van der Waals surface area contributed by atoms with Gasteiger partial charge in [0.25, 0.3) is 0 Å². The molecule has 0 saturated carbocycles. The highest BCUT2D eigenvalue weighted by atomic mass is 19.3. The predicted octanol–water partition coefficient (Wildman–Crippen LogP) is 11.8. The van der Waals surface area contributed by atoms with Crippen LogP contribution < -0.4 is 4.74 Å². The molecule has 46 heavy (non-hydrogen) atoms. The van der Waals surface area contributed by atoms with Gasteiger partial charge in [-0.15, -0.1) is 0 Å². The van der Waals surface area contributed by atoms with Gasteiger partial charge in [-0.3, -0.25) is 0 Å². The summed E-state index contributed by atoms with van der Waals surface area (Å²) < 4.78 is 102. The summed E-state index contributed by atoms with van der Waals surface area (Å²) in [5.41, 5.74) is 4.88. The zero-order valence-corrected chi connectivity index (χ0v) is 24.8. The molecule has 236 valence electrons. The third-order valence-corrected chi connectivity index (χ3v) is 7.52. The highest BCUT2D eigenvalue weighted by Crippen LogP contribution is 2.32. The maximum atomic E-state index is 15.2. The van der Waals surface area contributed by atoms with Crippen LogP contribution in [0.1, 0.15) is 37.3 Å². The Hall–Kier alpha value is -4.85. The molecule has 0 aliphatic heterocycles. The van der Waals surface area contributed by atoms with Crippen LogP contribution in [-0.4, -0.2) is 6.11 Å². The van der Waals surface area contributed by atoms with Crippen molar-refractivity contribution in [3.63, 3.8) is 0 Å². The van der Waals surface area contributed by atoms with E-state index in [1.54, 1.807) is 6.07 Å². The molecule has 8 heteroatoms. The zero-order chi connectivity index (χ0) is 32.8. The van der Waals surface area contributed by atoms with E-state index in [1.165, 1.54) is 49.1 Å². The maximum Gasteiger partial charge on any atom is 0.419 e. The van der Waals surface area contributed by atoms with Gasteiger partial charge in [0.1, 0.15) is 17.4 Å². The van der Waals surface area contributed by atoms with Crippen LogP contribution in [0.25, 0.3) is 39.5 Å². The molecule has 5 aromatic rings. The number of hydrogen-bond donors (Lipinski definition) is 0. The number of unbranched alkanes of at least 4 members (excludes halogenated alkanes) is 2. The van der Waals surface area contributed by atoms with Crippen molar-refractivity contribution in [1.82, 2.24) is 0 Å². The molecule has 0 aromatic heterocycles. The molecule has 0 aliphatic rings. The molecule has 5 rings (SSSR count). The molecule has 0 atom stereocenters. The van der Waals surface area contributed by atoms with Crippen LogP contribution in [0.5, 0.6) is 5.75 Å². The Morgan fingerprint density at radius 1 is 0.587 bits per heavy atom. The second-order valence-electron chi connectivity index (χ2n) is 10.9. The van der Waals surface area contributed by atoms with Crippen molar-refractivity contribution in [3.05, 3.63) is 143 Å². The molecule has 0 bridgehead atoms. The Balaban J connectivity index is 1.26. The number of halogens is 7. The summed E-state index contributed by atoms with van der Waals surface area (Å²) in [7, 11) is 0. The van der Waals surface area contributed by atoms with E-state index in [0.717, 1.165) is 29.2 Å². The summed E-state index contributed by atoms with van der Waals surface area (Å²) in [4.78, 5) is 0. The summed E-state index contributed by atoms with van der Waals surface area (Å²) in [5.74, 6) is -7.71. The summed E-state index contributed by atoms with van der Waals surface area (Å²) in [6.07, 6.45) is 1.40. The van der Waals surface area contributed by atoms with Crippen LogP contribution in [0.3, 0.4) is 0 Å². The van der Waals surface area contributed by atoms with Crippen LogP contribution in [0.4, 0.5) is 30.7 Å². The van der Waals surface area contributed by atoms with Crippen LogP contribution >= 0.6 is 0 Å². The minimum absolute atomic E-state index is 0.114. The van der Waals surface area contributed by atoms with Gasteiger partial charge in [-0.1, -0.05) is 92.6 Å². The minimum atomic E-state index is -4.11. The Labute approximate surface area is 262 Å². The maximum absolute atomic E-state index is 15.2. The Morgan fingerprint density at radius 2 is 1.13 bits per heavy atom. The lowest BCUT2D eigenvalue weighted by Crippen LogP contribution is -2.21. The standard InChI is InChI=1S/C38H29F7O/c1-2-3-4-5-24-6-8-25(9-7-24)26-10-12-27(13-11-26)29-16-17-32(34(40)20-29)30-15-14-28(33(39)21-30)18-19-38(44,45)46-31-22-35(41)37(43)36(42)23-31/h6-23H,2-5H2,1H3/b19-18+. The lowest BCUT2D eigenvalue weighted by molar-refractivity contribution is -0.131. The second kappa shape index (κ2) is 14.1. The summed E-state index contributed by atoms with van der Waals surface area (Å²) in [6.45, 7) is 2.18. The average molecular weight is 635 g/mol. The molecule has 0 heterocycles. The van der Waals surface area contributed by atoms with Crippen molar-refractivity contribution >= 4 is 6.08 Å². The van der Waals surface area contributed by atoms with Crippen LogP contribution in [0.15, 0.2) is 103 Å². The van der Waals surface area contributed by atoms with Crippen molar-refractivity contribution in [2.24, 2.45) is 0 Å². The third kappa shape index (κ3) is 7.86. The first-order chi connectivity index (χ1) is 22.0. The fourth-order valence-corrected chi connectivity index (χ4v) is 5.03. The fourth-order valence-electron chi connectivity index (χ4n) is 5.03. The largest absolute Gasteiger partial charge is 0.429 e. The van der Waals surface area contributed by atoms with E-state index in [0.29, 0.717) is 11.6 Å². The summed E-state index contributed by atoms with van der Waals surface area (Å²) >= 11 is 0. The van der Waals surface area contributed by atoms with Gasteiger partial charge in [0.2, 0.25) is 0 Å². The van der Waals surface area contributed by atoms with Gasteiger partial charge in [0.15, 0.2) is 17.5 Å². The Morgan fingerprint density at radius 3 is 1.72 bits per heavy atom. The van der Waals surface area contributed by atoms with Crippen LogP contribution in [0, 0.1) is 29.1 Å². The average Bonchev–Trinajstić information content (AvgIpc) is 3.03. The monoisotopic (exact) mass is 634 g/mol. The molecule has 0 N–H and O–H groups in total. The summed E-state index contributed by atoms with van der Waals surface area (Å²) in [6, 6.07) is 24.9. The van der Waals surface area contributed by atoms with Crippen LogP contribution in [-0.2, 0) is 6.42 Å². The molecule has 0 aliphatic carbocycles. The zero-order valence-electron chi connectivity index (χ0n) is 24.8. The van der Waals surface area contributed by atoms with E-state index >= 15 is 4.39 Å². The molecule has 0 unspecified atom stereocenters. The number of alkyl halides is 2. The van der Waals surface area contributed by atoms with E-state index in [2.05, 4.69) is 35.9 Å². The summed E-state index contributed by atoms with van der Waals surface area (Å²) in [5, 5.41) is 0. The van der Waals surface area contributed by atoms with Gasteiger partial charge in [-0.05, 0) is 64.4 Å². The number of hydrogen-bond acceptors (Lipinski definition) is 1. The van der Waals surface area contributed by atoms with Gasteiger partial charge >= 0.3 is 6.11 Å². The van der Waals surface area contributed by atoms with Gasteiger partial charge in [0, 0.05) is 29.3 Å². The van der Waals surface area contributed by atoms with Crippen molar-refractivity contribution < 1.29 is 35.5 Å². The van der Waals surface area contributed by atoms with Crippen molar-refractivity contribution in [1.29, 1.82) is 0 Å². The molecule has 0 spiro atoms. The third-order valence-electron chi connectivity index (χ3n) is 7.52. The smallest absolute Gasteiger partial charge is 0.419 e. The Bertz CT molecular complexity index is 1820. The van der Waals surface area contributed by atoms with Crippen LogP contribution in [0.2, 0.25) is 0 Å². The first kappa shape index (κ1) is 32.5. The molecule has 0 fully saturated rings. The minimum Gasteiger partial charge on any atom is -0.429 e. The number of aryl methyl sites for hydroxylation is 1. The molecular formula is C38H29F7O. The first-order valence-corrected chi connectivity index (χ1v) is 14.7. The fraction of sp³-hybridized carbons (Fsp3) is 0.158. The predicted molar refractivity (Wildman–Crippen MR) is 167 cm³/mol. The Kier molecular flexibility index (Phi) is 9.95. The lowest BCUT2D eigenvalue weighted by atomic mass is 9.96. The quantitative estimate of drug-likeness (QED) is 0.0798. The van der Waals surface area contributed by atoms with Crippen molar-refractivity contribution in [3.8, 4) is 39.1 Å². The molecule has 0 amide bonds. The second-order valence-corrected chi connectivity index (χ2v) is 10.9. The van der Waals surface area contributed by atoms with Gasteiger partial charge in [-0.25, -0.2) is 22.0 Å². The molecule has 1 nitrogen and oxygen atoms in total. The van der Waals surface area contributed by atoms with E-state index in [9.17, 15) is 26.3 Å². The number of benzene rings is 5. The molecular weight excluding hydrogens is 605 g/mol. The number of ether oxygens (including phenoxy) is 1. The SMILES string of the molecule is CCCCCc1ccc(-c2ccc(-c3ccc(-c4ccc(/C=C/C(F)(F)Oc5cc(F)c(F)c(F)c5)c(F)c4)c(F)c3)cc2)cc1. The van der Waals surface area contributed by atoms with Gasteiger partial charge in [-0.2, -0.15) is 8.78 Å². The van der Waals surface area contributed by atoms with E-state index in [4.69, 9.17) is 0 Å². The van der Waals surface area contributed by atoms with E-state index in [1.807, 2.05) is 24.3 Å². The van der Waals surface area contributed by atoms with Gasteiger partial charge < -0.3 is 4.74 Å². The van der Waals surface area contributed by atoms with E-state index < -0.39 is 40.9 Å². The van der Waals surface area contributed by atoms with Gasteiger partial charge in [0.05, 0.1) is 0 Å². The first-order valence-electron chi connectivity index (χ1n) is 14.7. The van der Waals surface area contributed by atoms with E-state index in [-0.39, 0.29) is 34.9 Å². The highest BCUT2D eigenvalue weighted by molar-refractivity contribution is 5.74. The lowest BCUT2D eigenvalue weighted by Gasteiger charge is -2.14. The van der Waals surface area contributed by atoms with Crippen molar-refractivity contribution in [2.45, 2.75) is 38.7 Å². The molecule has 0 saturated heterocycles. The molecule has 5 aromatic carbocycles.